The van der Waals surface area contributed by atoms with Crippen LogP contribution in [0.15, 0.2) is 12.3 Å². The number of aromatic nitrogens is 1. The highest BCUT2D eigenvalue weighted by Crippen LogP contribution is 2.19. The van der Waals surface area contributed by atoms with Crippen LogP contribution in [-0.2, 0) is 4.74 Å². The van der Waals surface area contributed by atoms with Crippen LogP contribution < -0.4 is 5.32 Å². The maximum Gasteiger partial charge on any atom is 0.253 e. The average molecular weight is 277 g/mol. The van der Waals surface area contributed by atoms with Gasteiger partial charge in [0.2, 0.25) is 0 Å². The highest BCUT2D eigenvalue weighted by Gasteiger charge is 2.13. The number of nitrogens with zero attached hydrogens (tertiary/aromatic N) is 1. The molecule has 0 aliphatic rings. The molecule has 0 aliphatic heterocycles. The molecule has 6 heteroatoms. The van der Waals surface area contributed by atoms with Crippen molar-refractivity contribution in [2.45, 2.75) is 19.4 Å². The molecular weight excluding hydrogens is 263 g/mol. The summed E-state index contributed by atoms with van der Waals surface area (Å²) < 4.78 is 5.00. The molecule has 1 rings (SSSR count). The van der Waals surface area contributed by atoms with Gasteiger partial charge in [-0.15, -0.1) is 0 Å². The van der Waals surface area contributed by atoms with E-state index in [0.717, 1.165) is 6.42 Å². The zero-order chi connectivity index (χ0) is 12.8. The zero-order valence-electron chi connectivity index (χ0n) is 9.67. The second-order valence-electron chi connectivity index (χ2n) is 3.53. The van der Waals surface area contributed by atoms with Crippen molar-refractivity contribution in [1.29, 1.82) is 0 Å². The molecule has 1 aromatic heterocycles. The van der Waals surface area contributed by atoms with Crippen LogP contribution in [0.3, 0.4) is 0 Å². The summed E-state index contributed by atoms with van der Waals surface area (Å²) in [6.07, 6.45) is 2.18. The maximum atomic E-state index is 11.8. The van der Waals surface area contributed by atoms with Gasteiger partial charge in [0, 0.05) is 13.3 Å². The van der Waals surface area contributed by atoms with E-state index < -0.39 is 0 Å². The van der Waals surface area contributed by atoms with Crippen LogP contribution >= 0.6 is 23.2 Å². The van der Waals surface area contributed by atoms with Gasteiger partial charge >= 0.3 is 0 Å². The van der Waals surface area contributed by atoms with Crippen molar-refractivity contribution in [3.63, 3.8) is 0 Å². The monoisotopic (exact) mass is 276 g/mol. The molecule has 4 nitrogen and oxygen atoms in total. The highest BCUT2D eigenvalue weighted by molar-refractivity contribution is 6.41. The predicted molar refractivity (Wildman–Crippen MR) is 67.7 cm³/mol. The zero-order valence-corrected chi connectivity index (χ0v) is 11.2. The van der Waals surface area contributed by atoms with Gasteiger partial charge in [0.25, 0.3) is 5.91 Å². The number of methoxy groups -OCH3 is 1. The molecule has 17 heavy (non-hydrogen) atoms. The molecule has 94 valence electrons. The van der Waals surface area contributed by atoms with Crippen molar-refractivity contribution < 1.29 is 9.53 Å². The average Bonchev–Trinajstić information content (AvgIpc) is 2.31. The molecule has 0 saturated carbocycles. The van der Waals surface area contributed by atoms with Crippen molar-refractivity contribution in [1.82, 2.24) is 10.3 Å². The highest BCUT2D eigenvalue weighted by atomic mass is 35.5. The van der Waals surface area contributed by atoms with Crippen LogP contribution in [0.25, 0.3) is 0 Å². The van der Waals surface area contributed by atoms with E-state index in [4.69, 9.17) is 27.9 Å². The van der Waals surface area contributed by atoms with Gasteiger partial charge in [-0.25, -0.2) is 4.98 Å². The van der Waals surface area contributed by atoms with Gasteiger partial charge < -0.3 is 10.1 Å². The van der Waals surface area contributed by atoms with Crippen molar-refractivity contribution in [3.05, 3.63) is 28.0 Å². The van der Waals surface area contributed by atoms with E-state index in [-0.39, 0.29) is 22.1 Å². The lowest BCUT2D eigenvalue weighted by Gasteiger charge is -2.15. The largest absolute Gasteiger partial charge is 0.383 e. The molecule has 1 unspecified atom stereocenters. The Labute approximate surface area is 110 Å². The molecule has 0 radical (unpaired) electrons. The number of carbonyl (C=O) groups excluding carboxylic acids is 1. The van der Waals surface area contributed by atoms with Gasteiger partial charge in [0.05, 0.1) is 23.2 Å². The summed E-state index contributed by atoms with van der Waals surface area (Å²) in [6.45, 7) is 2.44. The van der Waals surface area contributed by atoms with E-state index in [2.05, 4.69) is 10.3 Å². The molecule has 1 amide bonds. The Morgan fingerprint density at radius 3 is 2.82 bits per heavy atom. The Kier molecular flexibility index (Phi) is 5.68. The summed E-state index contributed by atoms with van der Waals surface area (Å²) in [4.78, 5) is 15.7. The fourth-order valence-corrected chi connectivity index (χ4v) is 1.55. The van der Waals surface area contributed by atoms with Crippen LogP contribution in [-0.4, -0.2) is 30.6 Å². The van der Waals surface area contributed by atoms with E-state index in [9.17, 15) is 4.79 Å². The summed E-state index contributed by atoms with van der Waals surface area (Å²) in [5, 5.41) is 3.28. The lowest BCUT2D eigenvalue weighted by Crippen LogP contribution is -2.37. The first kappa shape index (κ1) is 14.2. The third-order valence-electron chi connectivity index (χ3n) is 2.25. The summed E-state index contributed by atoms with van der Waals surface area (Å²) in [5.74, 6) is -0.236. The molecule has 1 atom stereocenters. The SMILES string of the molecule is CCC(COC)NC(=O)c1cnc(Cl)c(Cl)c1. The smallest absolute Gasteiger partial charge is 0.253 e. The Morgan fingerprint density at radius 2 is 2.29 bits per heavy atom. The van der Waals surface area contributed by atoms with Gasteiger partial charge in [-0.1, -0.05) is 30.1 Å². The summed E-state index contributed by atoms with van der Waals surface area (Å²) in [5.41, 5.74) is 0.383. The summed E-state index contributed by atoms with van der Waals surface area (Å²) in [7, 11) is 1.59. The molecule has 0 bridgehead atoms. The van der Waals surface area contributed by atoms with Crippen LogP contribution in [0, 0.1) is 0 Å². The summed E-state index contributed by atoms with van der Waals surface area (Å²) >= 11 is 11.5. The van der Waals surface area contributed by atoms with E-state index >= 15 is 0 Å². The quantitative estimate of drug-likeness (QED) is 0.841. The van der Waals surface area contributed by atoms with Gasteiger partial charge in [-0.05, 0) is 12.5 Å². The number of nitrogens with one attached hydrogen (secondary N) is 1. The first-order valence-corrected chi connectivity index (χ1v) is 5.95. The Morgan fingerprint density at radius 1 is 1.59 bits per heavy atom. The number of rotatable bonds is 5. The summed E-state index contributed by atoms with van der Waals surface area (Å²) in [6, 6.07) is 1.47. The third kappa shape index (κ3) is 4.15. The molecule has 0 fully saturated rings. The lowest BCUT2D eigenvalue weighted by atomic mass is 10.2. The minimum Gasteiger partial charge on any atom is -0.383 e. The standard InChI is InChI=1S/C11H14Cl2N2O2/c1-3-8(6-17-2)15-11(16)7-4-9(12)10(13)14-5-7/h4-5,8H,3,6H2,1-2H3,(H,15,16). The van der Waals surface area contributed by atoms with E-state index in [0.29, 0.717) is 12.2 Å². The third-order valence-corrected chi connectivity index (χ3v) is 2.94. The Hall–Kier alpha value is -0.840. The van der Waals surface area contributed by atoms with Crippen LogP contribution in [0.1, 0.15) is 23.7 Å². The Bertz CT molecular complexity index is 399. The van der Waals surface area contributed by atoms with Gasteiger partial charge in [0.15, 0.2) is 0 Å². The number of hydrogen-bond acceptors (Lipinski definition) is 3. The van der Waals surface area contributed by atoms with E-state index in [1.54, 1.807) is 7.11 Å². The number of halogens is 2. The number of pyridine rings is 1. The molecule has 1 aromatic rings. The molecule has 0 spiro atoms. The molecule has 1 N–H and O–H groups in total. The van der Waals surface area contributed by atoms with Gasteiger partial charge in [0.1, 0.15) is 5.15 Å². The van der Waals surface area contributed by atoms with Crippen molar-refractivity contribution in [3.8, 4) is 0 Å². The van der Waals surface area contributed by atoms with E-state index in [1.165, 1.54) is 12.3 Å². The molecule has 0 aliphatic carbocycles. The number of ether oxygens (including phenoxy) is 1. The van der Waals surface area contributed by atoms with Crippen molar-refractivity contribution in [2.24, 2.45) is 0 Å². The van der Waals surface area contributed by atoms with Crippen LogP contribution in [0.2, 0.25) is 10.2 Å². The van der Waals surface area contributed by atoms with Crippen molar-refractivity contribution in [2.75, 3.05) is 13.7 Å². The second-order valence-corrected chi connectivity index (χ2v) is 4.30. The topological polar surface area (TPSA) is 51.2 Å². The second kappa shape index (κ2) is 6.79. The fourth-order valence-electron chi connectivity index (χ4n) is 1.28. The minimum absolute atomic E-state index is 0.0260. The van der Waals surface area contributed by atoms with E-state index in [1.807, 2.05) is 6.92 Å². The van der Waals surface area contributed by atoms with Crippen LogP contribution in [0.5, 0.6) is 0 Å². The first-order valence-electron chi connectivity index (χ1n) is 5.19. The number of amides is 1. The normalized spacial score (nSPS) is 12.2. The predicted octanol–water partition coefficient (Wildman–Crippen LogP) is 2.54. The lowest BCUT2D eigenvalue weighted by molar-refractivity contribution is 0.0894. The molecule has 0 saturated heterocycles. The maximum absolute atomic E-state index is 11.8. The fraction of sp³-hybridized carbons (Fsp3) is 0.455. The van der Waals surface area contributed by atoms with Gasteiger partial charge in [-0.3, -0.25) is 4.79 Å². The van der Waals surface area contributed by atoms with Crippen molar-refractivity contribution >= 4 is 29.1 Å². The molecular formula is C11H14Cl2N2O2. The number of hydrogen-bond donors (Lipinski definition) is 1. The van der Waals surface area contributed by atoms with Crippen LogP contribution in [0.4, 0.5) is 0 Å². The van der Waals surface area contributed by atoms with Gasteiger partial charge in [-0.2, -0.15) is 0 Å². The first-order chi connectivity index (χ1) is 8.08. The molecule has 0 aromatic carbocycles. The number of carbonyl (C=O) groups is 1. The minimum atomic E-state index is -0.236. The molecule has 1 heterocycles. The Balaban J connectivity index is 2.72.